The number of ether oxygens (including phenoxy) is 3. The molecule has 0 aliphatic heterocycles. The highest BCUT2D eigenvalue weighted by Gasteiger charge is 2.17. The van der Waals surface area contributed by atoms with E-state index in [1.807, 2.05) is 36.4 Å². The minimum Gasteiger partial charge on any atom is -0.493 e. The first-order valence-electron chi connectivity index (χ1n) is 8.61. The molecule has 0 saturated carbocycles. The van der Waals surface area contributed by atoms with Gasteiger partial charge in [-0.1, -0.05) is 30.3 Å². The molecule has 0 heterocycles. The van der Waals surface area contributed by atoms with E-state index in [-0.39, 0.29) is 12.3 Å². The zero-order chi connectivity index (χ0) is 19.4. The number of anilines is 1. The van der Waals surface area contributed by atoms with Gasteiger partial charge in [0, 0.05) is 12.7 Å². The third-order valence-corrected chi connectivity index (χ3v) is 4.57. The molecule has 140 valence electrons. The molecule has 0 N–H and O–H groups in total. The molecular formula is C22H23NO4. The molecule has 3 rings (SSSR count). The summed E-state index contributed by atoms with van der Waals surface area (Å²) in [6.07, 6.45) is 0.222. The molecule has 0 unspecified atom stereocenters. The highest BCUT2D eigenvalue weighted by Crippen LogP contribution is 2.38. The fourth-order valence-corrected chi connectivity index (χ4v) is 3.06. The van der Waals surface area contributed by atoms with Crippen LogP contribution in [0.25, 0.3) is 10.8 Å². The Morgan fingerprint density at radius 3 is 2.07 bits per heavy atom. The number of rotatable bonds is 6. The van der Waals surface area contributed by atoms with Crippen molar-refractivity contribution < 1.29 is 19.0 Å². The van der Waals surface area contributed by atoms with Gasteiger partial charge in [-0.2, -0.15) is 0 Å². The Morgan fingerprint density at radius 1 is 0.852 bits per heavy atom. The minimum atomic E-state index is -0.0282. The maximum Gasteiger partial charge on any atom is 0.231 e. The summed E-state index contributed by atoms with van der Waals surface area (Å²) < 4.78 is 16.1. The molecule has 0 aliphatic carbocycles. The summed E-state index contributed by atoms with van der Waals surface area (Å²) in [5.41, 5.74) is 1.65. The van der Waals surface area contributed by atoms with Gasteiger partial charge in [0.05, 0.1) is 27.8 Å². The largest absolute Gasteiger partial charge is 0.493 e. The number of benzene rings is 3. The third kappa shape index (κ3) is 3.82. The predicted molar refractivity (Wildman–Crippen MR) is 107 cm³/mol. The van der Waals surface area contributed by atoms with Crippen molar-refractivity contribution in [3.8, 4) is 17.2 Å². The maximum atomic E-state index is 12.8. The summed E-state index contributed by atoms with van der Waals surface area (Å²) in [7, 11) is 6.46. The van der Waals surface area contributed by atoms with Gasteiger partial charge < -0.3 is 19.1 Å². The maximum absolute atomic E-state index is 12.8. The Hall–Kier alpha value is -3.21. The Balaban J connectivity index is 1.85. The van der Waals surface area contributed by atoms with Crippen LogP contribution in [0, 0.1) is 0 Å². The number of likely N-dealkylation sites (N-methyl/N-ethyl adjacent to an activating group) is 1. The molecule has 1 amide bonds. The molecule has 0 spiro atoms. The molecule has 5 nitrogen and oxygen atoms in total. The van der Waals surface area contributed by atoms with Crippen LogP contribution in [-0.2, 0) is 11.2 Å². The van der Waals surface area contributed by atoms with E-state index in [0.29, 0.717) is 17.2 Å². The average Bonchev–Trinajstić information content (AvgIpc) is 2.71. The van der Waals surface area contributed by atoms with Crippen LogP contribution < -0.4 is 19.1 Å². The average molecular weight is 365 g/mol. The third-order valence-electron chi connectivity index (χ3n) is 4.57. The smallest absolute Gasteiger partial charge is 0.231 e. The van der Waals surface area contributed by atoms with E-state index < -0.39 is 0 Å². The van der Waals surface area contributed by atoms with Crippen molar-refractivity contribution in [2.75, 3.05) is 33.3 Å². The first kappa shape index (κ1) is 18.6. The second-order valence-electron chi connectivity index (χ2n) is 6.19. The normalized spacial score (nSPS) is 10.5. The molecule has 3 aromatic carbocycles. The summed E-state index contributed by atoms with van der Waals surface area (Å²) in [4.78, 5) is 14.5. The van der Waals surface area contributed by atoms with Gasteiger partial charge in [-0.15, -0.1) is 0 Å². The topological polar surface area (TPSA) is 48.0 Å². The lowest BCUT2D eigenvalue weighted by atomic mass is 10.1. The number of nitrogens with zero attached hydrogens (tertiary/aromatic N) is 1. The van der Waals surface area contributed by atoms with Crippen LogP contribution in [0.15, 0.2) is 54.6 Å². The van der Waals surface area contributed by atoms with E-state index in [0.717, 1.165) is 22.0 Å². The SMILES string of the molecule is COc1cc(CC(=O)N(C)c2ccc3ccccc3c2)cc(OC)c1OC. The summed E-state index contributed by atoms with van der Waals surface area (Å²) >= 11 is 0. The van der Waals surface area contributed by atoms with Crippen LogP contribution in [0.1, 0.15) is 5.56 Å². The molecule has 0 bridgehead atoms. The van der Waals surface area contributed by atoms with Crippen LogP contribution in [0.5, 0.6) is 17.2 Å². The van der Waals surface area contributed by atoms with Crippen molar-refractivity contribution in [2.45, 2.75) is 6.42 Å². The zero-order valence-electron chi connectivity index (χ0n) is 16.0. The number of hydrogen-bond acceptors (Lipinski definition) is 4. The molecule has 0 radical (unpaired) electrons. The zero-order valence-corrected chi connectivity index (χ0v) is 16.0. The first-order valence-corrected chi connectivity index (χ1v) is 8.61. The Labute approximate surface area is 159 Å². The summed E-state index contributed by atoms with van der Waals surface area (Å²) in [6.45, 7) is 0. The molecule has 5 heteroatoms. The molecule has 0 aliphatic rings. The van der Waals surface area contributed by atoms with Crippen molar-refractivity contribution in [2.24, 2.45) is 0 Å². The Kier molecular flexibility index (Phi) is 5.50. The lowest BCUT2D eigenvalue weighted by molar-refractivity contribution is -0.117. The quantitative estimate of drug-likeness (QED) is 0.661. The van der Waals surface area contributed by atoms with Crippen molar-refractivity contribution in [1.29, 1.82) is 0 Å². The van der Waals surface area contributed by atoms with E-state index in [4.69, 9.17) is 14.2 Å². The van der Waals surface area contributed by atoms with E-state index in [2.05, 4.69) is 6.07 Å². The standard InChI is InChI=1S/C22H23NO4/c1-23(18-10-9-16-7-5-6-8-17(16)14-18)21(24)13-15-11-19(25-2)22(27-4)20(12-15)26-3/h5-12,14H,13H2,1-4H3. The molecule has 0 aromatic heterocycles. The van der Waals surface area contributed by atoms with Crippen LogP contribution in [0.4, 0.5) is 5.69 Å². The van der Waals surface area contributed by atoms with Gasteiger partial charge in [-0.05, 0) is 40.6 Å². The lowest BCUT2D eigenvalue weighted by Crippen LogP contribution is -2.27. The monoisotopic (exact) mass is 365 g/mol. The van der Waals surface area contributed by atoms with Crippen LogP contribution in [0.2, 0.25) is 0 Å². The van der Waals surface area contributed by atoms with E-state index in [1.165, 1.54) is 0 Å². The second-order valence-corrected chi connectivity index (χ2v) is 6.19. The van der Waals surface area contributed by atoms with Gasteiger partial charge >= 0.3 is 0 Å². The van der Waals surface area contributed by atoms with Gasteiger partial charge in [0.25, 0.3) is 0 Å². The fraction of sp³-hybridized carbons (Fsp3) is 0.227. The van der Waals surface area contributed by atoms with Gasteiger partial charge in [0.1, 0.15) is 0 Å². The van der Waals surface area contributed by atoms with Crippen LogP contribution in [-0.4, -0.2) is 34.3 Å². The summed E-state index contributed by atoms with van der Waals surface area (Å²) in [5, 5.41) is 2.24. The Bertz CT molecular complexity index is 942. The van der Waals surface area contributed by atoms with Crippen molar-refractivity contribution in [1.82, 2.24) is 0 Å². The van der Waals surface area contributed by atoms with Crippen LogP contribution in [0.3, 0.4) is 0 Å². The highest BCUT2D eigenvalue weighted by molar-refractivity contribution is 5.97. The van der Waals surface area contributed by atoms with Gasteiger partial charge in [-0.25, -0.2) is 0 Å². The van der Waals surface area contributed by atoms with Crippen molar-refractivity contribution in [3.63, 3.8) is 0 Å². The van der Waals surface area contributed by atoms with E-state index >= 15 is 0 Å². The number of methoxy groups -OCH3 is 3. The minimum absolute atomic E-state index is 0.0282. The van der Waals surface area contributed by atoms with Gasteiger partial charge in [0.15, 0.2) is 11.5 Å². The number of fused-ring (bicyclic) bond motifs is 1. The number of amides is 1. The number of hydrogen-bond donors (Lipinski definition) is 0. The van der Waals surface area contributed by atoms with Crippen molar-refractivity contribution in [3.05, 3.63) is 60.2 Å². The Morgan fingerprint density at radius 2 is 1.48 bits per heavy atom. The number of carbonyl (C=O) groups excluding carboxylic acids is 1. The summed E-state index contributed by atoms with van der Waals surface area (Å²) in [6, 6.07) is 17.7. The molecule has 0 saturated heterocycles. The molecule has 0 fully saturated rings. The van der Waals surface area contributed by atoms with Crippen LogP contribution >= 0.6 is 0 Å². The molecule has 3 aromatic rings. The lowest BCUT2D eigenvalue weighted by Gasteiger charge is -2.19. The number of carbonyl (C=O) groups is 1. The van der Waals surface area contributed by atoms with E-state index in [9.17, 15) is 4.79 Å². The van der Waals surface area contributed by atoms with Gasteiger partial charge in [0.2, 0.25) is 11.7 Å². The van der Waals surface area contributed by atoms with Gasteiger partial charge in [-0.3, -0.25) is 4.79 Å². The first-order chi connectivity index (χ1) is 13.1. The molecule has 27 heavy (non-hydrogen) atoms. The summed E-state index contributed by atoms with van der Waals surface area (Å²) in [5.74, 6) is 1.56. The van der Waals surface area contributed by atoms with E-state index in [1.54, 1.807) is 45.4 Å². The highest BCUT2D eigenvalue weighted by atomic mass is 16.5. The molecule has 0 atom stereocenters. The van der Waals surface area contributed by atoms with Crippen molar-refractivity contribution >= 4 is 22.4 Å². The predicted octanol–water partition coefficient (Wildman–Crippen LogP) is 4.07. The second kappa shape index (κ2) is 7.99. The molecular weight excluding hydrogens is 342 g/mol. The fourth-order valence-electron chi connectivity index (χ4n) is 3.06.